The number of amides is 1. The summed E-state index contributed by atoms with van der Waals surface area (Å²) in [6, 6.07) is 7.65. The molecule has 0 aromatic heterocycles. The van der Waals surface area contributed by atoms with Gasteiger partial charge in [-0.15, -0.1) is 0 Å². The highest BCUT2D eigenvalue weighted by Crippen LogP contribution is 2.20. The number of allylic oxidation sites excluding steroid dienone is 1. The van der Waals surface area contributed by atoms with Crippen molar-refractivity contribution in [3.63, 3.8) is 0 Å². The van der Waals surface area contributed by atoms with Gasteiger partial charge in [0, 0.05) is 13.1 Å². The number of ether oxygens (including phenoxy) is 2. The average molecular weight is 346 g/mol. The normalized spacial score (nSPS) is 20.1. The van der Waals surface area contributed by atoms with Gasteiger partial charge in [-0.05, 0) is 49.5 Å². The highest BCUT2D eigenvalue weighted by Gasteiger charge is 2.14. The molecule has 1 atom stereocenters. The first-order valence-corrected chi connectivity index (χ1v) is 9.16. The number of carbonyl (C=O) groups is 1. The minimum Gasteiger partial charge on any atom is -0.492 e. The largest absolute Gasteiger partial charge is 0.492 e. The van der Waals surface area contributed by atoms with Crippen molar-refractivity contribution in [2.45, 2.75) is 51.7 Å². The second kappa shape index (κ2) is 10.9. The Morgan fingerprint density at radius 1 is 1.24 bits per heavy atom. The van der Waals surface area contributed by atoms with Crippen molar-refractivity contribution in [1.29, 1.82) is 0 Å². The van der Waals surface area contributed by atoms with E-state index in [-0.39, 0.29) is 18.6 Å². The molecule has 0 fully saturated rings. The van der Waals surface area contributed by atoms with Gasteiger partial charge in [0.2, 0.25) is 5.91 Å². The highest BCUT2D eigenvalue weighted by atomic mass is 16.5. The van der Waals surface area contributed by atoms with Crippen LogP contribution in [0.1, 0.15) is 44.6 Å². The molecular weight excluding hydrogens is 316 g/mol. The predicted octanol–water partition coefficient (Wildman–Crippen LogP) is 2.94. The Hall–Kier alpha value is -1.85. The maximum atomic E-state index is 12.0. The molecular formula is C20H30N2O3. The Morgan fingerprint density at radius 2 is 2.04 bits per heavy atom. The van der Waals surface area contributed by atoms with Gasteiger partial charge in [-0.25, -0.2) is 0 Å². The maximum Gasteiger partial charge on any atom is 0.246 e. The molecule has 25 heavy (non-hydrogen) atoms. The zero-order valence-corrected chi connectivity index (χ0v) is 15.1. The van der Waals surface area contributed by atoms with Crippen LogP contribution in [0.25, 0.3) is 0 Å². The average Bonchev–Trinajstić information content (AvgIpc) is 2.62. The van der Waals surface area contributed by atoms with Gasteiger partial charge in [-0.1, -0.05) is 31.1 Å². The first-order valence-electron chi connectivity index (χ1n) is 9.16. The van der Waals surface area contributed by atoms with E-state index in [2.05, 4.69) is 18.3 Å². The molecule has 1 aromatic carbocycles. The first kappa shape index (κ1) is 19.5. The van der Waals surface area contributed by atoms with E-state index in [9.17, 15) is 4.79 Å². The summed E-state index contributed by atoms with van der Waals surface area (Å²) in [5.74, 6) is 0.703. The summed E-state index contributed by atoms with van der Waals surface area (Å²) >= 11 is 0. The van der Waals surface area contributed by atoms with Crippen LogP contribution < -0.4 is 15.8 Å². The molecule has 1 aliphatic rings. The molecule has 0 heterocycles. The van der Waals surface area contributed by atoms with Gasteiger partial charge in [-0.3, -0.25) is 4.79 Å². The van der Waals surface area contributed by atoms with Crippen LogP contribution in [0.2, 0.25) is 0 Å². The summed E-state index contributed by atoms with van der Waals surface area (Å²) in [7, 11) is 0. The fourth-order valence-electron chi connectivity index (χ4n) is 2.86. The molecule has 0 saturated heterocycles. The van der Waals surface area contributed by atoms with Crippen molar-refractivity contribution >= 4 is 5.91 Å². The summed E-state index contributed by atoms with van der Waals surface area (Å²) in [5.41, 5.74) is 7.68. The van der Waals surface area contributed by atoms with Crippen molar-refractivity contribution in [1.82, 2.24) is 5.32 Å². The third kappa shape index (κ3) is 7.28. The third-order valence-corrected chi connectivity index (χ3v) is 4.36. The van der Waals surface area contributed by atoms with Crippen LogP contribution >= 0.6 is 0 Å². The monoisotopic (exact) mass is 346 g/mol. The lowest BCUT2D eigenvalue weighted by molar-refractivity contribution is -0.127. The molecule has 0 bridgehead atoms. The van der Waals surface area contributed by atoms with E-state index >= 15 is 0 Å². The fourth-order valence-corrected chi connectivity index (χ4v) is 2.86. The van der Waals surface area contributed by atoms with Gasteiger partial charge in [0.25, 0.3) is 0 Å². The number of nitrogens with two attached hydrogens (primary N) is 1. The van der Waals surface area contributed by atoms with E-state index in [4.69, 9.17) is 15.2 Å². The SMILES string of the molecule is C/C1=C/CCCCCC1OCC(=O)NCc1ccc(OCCN)cc1. The van der Waals surface area contributed by atoms with Crippen LogP contribution in [0.3, 0.4) is 0 Å². The lowest BCUT2D eigenvalue weighted by Gasteiger charge is -2.20. The van der Waals surface area contributed by atoms with Gasteiger partial charge in [0.05, 0.1) is 6.10 Å². The lowest BCUT2D eigenvalue weighted by Crippen LogP contribution is -2.30. The van der Waals surface area contributed by atoms with E-state index in [1.165, 1.54) is 18.4 Å². The smallest absolute Gasteiger partial charge is 0.246 e. The molecule has 0 spiro atoms. The lowest BCUT2D eigenvalue weighted by atomic mass is 9.98. The summed E-state index contributed by atoms with van der Waals surface area (Å²) < 4.78 is 11.3. The van der Waals surface area contributed by atoms with Gasteiger partial charge >= 0.3 is 0 Å². The Kier molecular flexibility index (Phi) is 8.49. The minimum absolute atomic E-state index is 0.0741. The van der Waals surface area contributed by atoms with Gasteiger partial charge in [-0.2, -0.15) is 0 Å². The van der Waals surface area contributed by atoms with Gasteiger partial charge in [0.1, 0.15) is 19.0 Å². The third-order valence-electron chi connectivity index (χ3n) is 4.36. The summed E-state index contributed by atoms with van der Waals surface area (Å²) in [5, 5.41) is 2.90. The molecule has 1 aromatic rings. The quantitative estimate of drug-likeness (QED) is 0.710. The predicted molar refractivity (Wildman–Crippen MR) is 99.4 cm³/mol. The van der Waals surface area contributed by atoms with Crippen molar-refractivity contribution in [3.05, 3.63) is 41.5 Å². The van der Waals surface area contributed by atoms with E-state index in [0.717, 1.165) is 30.6 Å². The zero-order valence-electron chi connectivity index (χ0n) is 15.1. The second-order valence-electron chi connectivity index (χ2n) is 6.44. The Labute approximate surface area is 150 Å². The number of benzene rings is 1. The Balaban J connectivity index is 1.72. The van der Waals surface area contributed by atoms with Crippen molar-refractivity contribution in [2.75, 3.05) is 19.8 Å². The molecule has 1 unspecified atom stereocenters. The molecule has 138 valence electrons. The topological polar surface area (TPSA) is 73.6 Å². The van der Waals surface area contributed by atoms with E-state index in [0.29, 0.717) is 19.7 Å². The molecule has 0 radical (unpaired) electrons. The number of nitrogens with one attached hydrogen (secondary N) is 1. The summed E-state index contributed by atoms with van der Waals surface area (Å²) in [6.45, 7) is 3.69. The second-order valence-corrected chi connectivity index (χ2v) is 6.44. The zero-order chi connectivity index (χ0) is 17.9. The standard InChI is InChI=1S/C20H30N2O3/c1-16-6-4-2-3-5-7-19(16)25-15-20(23)22-14-17-8-10-18(11-9-17)24-13-12-21/h6,8-11,19H,2-5,7,12-15,21H2,1H3,(H,22,23)/b16-6-. The van der Waals surface area contributed by atoms with Crippen LogP contribution in [0.5, 0.6) is 5.75 Å². The van der Waals surface area contributed by atoms with Crippen LogP contribution in [-0.2, 0) is 16.1 Å². The Morgan fingerprint density at radius 3 is 2.80 bits per heavy atom. The first-order chi connectivity index (χ1) is 12.2. The maximum absolute atomic E-state index is 12.0. The van der Waals surface area contributed by atoms with Gasteiger partial charge < -0.3 is 20.5 Å². The van der Waals surface area contributed by atoms with Crippen molar-refractivity contribution < 1.29 is 14.3 Å². The van der Waals surface area contributed by atoms with Gasteiger partial charge in [0.15, 0.2) is 0 Å². The number of hydrogen-bond donors (Lipinski definition) is 2. The number of hydrogen-bond acceptors (Lipinski definition) is 4. The van der Waals surface area contributed by atoms with Crippen LogP contribution in [-0.4, -0.2) is 31.8 Å². The van der Waals surface area contributed by atoms with Crippen LogP contribution in [0.4, 0.5) is 0 Å². The molecule has 0 saturated carbocycles. The van der Waals surface area contributed by atoms with Crippen LogP contribution in [0, 0.1) is 0 Å². The molecule has 0 aliphatic heterocycles. The molecule has 1 aliphatic carbocycles. The number of carbonyl (C=O) groups excluding carboxylic acids is 1. The van der Waals surface area contributed by atoms with Crippen LogP contribution in [0.15, 0.2) is 35.9 Å². The molecule has 5 heteroatoms. The summed E-state index contributed by atoms with van der Waals surface area (Å²) in [4.78, 5) is 12.0. The molecule has 3 N–H and O–H groups in total. The number of rotatable bonds is 8. The van der Waals surface area contributed by atoms with Crippen molar-refractivity contribution in [2.24, 2.45) is 5.73 Å². The molecule has 1 amide bonds. The van der Waals surface area contributed by atoms with E-state index < -0.39 is 0 Å². The minimum atomic E-state index is -0.0849. The fraction of sp³-hybridized carbons (Fsp3) is 0.550. The summed E-state index contributed by atoms with van der Waals surface area (Å²) in [6.07, 6.45) is 8.08. The van der Waals surface area contributed by atoms with E-state index in [1.54, 1.807) is 0 Å². The highest BCUT2D eigenvalue weighted by molar-refractivity contribution is 5.77. The molecule has 5 nitrogen and oxygen atoms in total. The Bertz CT molecular complexity index is 555. The van der Waals surface area contributed by atoms with Crippen molar-refractivity contribution in [3.8, 4) is 5.75 Å². The molecule has 2 rings (SSSR count). The van der Waals surface area contributed by atoms with E-state index in [1.807, 2.05) is 24.3 Å².